The van der Waals surface area contributed by atoms with Crippen molar-refractivity contribution in [1.29, 1.82) is 0 Å². The summed E-state index contributed by atoms with van der Waals surface area (Å²) in [4.78, 5) is 0. The lowest BCUT2D eigenvalue weighted by molar-refractivity contribution is 0.313. The molecular formula is C13H20Cl3NO. The van der Waals surface area contributed by atoms with Crippen LogP contribution in [0.2, 0.25) is 10.0 Å². The van der Waals surface area contributed by atoms with Crippen LogP contribution in [-0.2, 0) is 6.42 Å². The van der Waals surface area contributed by atoms with Crippen LogP contribution in [0.1, 0.15) is 32.3 Å². The number of rotatable bonds is 6. The Morgan fingerprint density at radius 2 is 1.94 bits per heavy atom. The summed E-state index contributed by atoms with van der Waals surface area (Å²) < 4.78 is 5.67. The molecule has 0 bridgehead atoms. The Hall–Kier alpha value is -0.150. The van der Waals surface area contributed by atoms with Crippen molar-refractivity contribution in [2.75, 3.05) is 6.61 Å². The number of halogens is 3. The Morgan fingerprint density at radius 3 is 2.50 bits per heavy atom. The average Bonchev–Trinajstić information content (AvgIpc) is 2.27. The molecule has 0 fully saturated rings. The van der Waals surface area contributed by atoms with Crippen molar-refractivity contribution in [2.45, 2.75) is 39.2 Å². The van der Waals surface area contributed by atoms with E-state index in [0.29, 0.717) is 16.7 Å². The second-order valence-corrected chi connectivity index (χ2v) is 4.94. The van der Waals surface area contributed by atoms with Crippen LogP contribution < -0.4 is 10.5 Å². The van der Waals surface area contributed by atoms with Gasteiger partial charge in [-0.2, -0.15) is 0 Å². The maximum atomic E-state index is 6.15. The first-order chi connectivity index (χ1) is 8.08. The highest BCUT2D eigenvalue weighted by Gasteiger charge is 2.13. The maximum Gasteiger partial charge on any atom is 0.141 e. The highest BCUT2D eigenvalue weighted by molar-refractivity contribution is 6.35. The number of benzene rings is 1. The lowest BCUT2D eigenvalue weighted by Gasteiger charge is -2.16. The standard InChI is InChI=1S/C13H19Cl2NO.ClH/c1-3-5-17-13-9(7-11(16)4-2)6-10(14)8-12(13)15;/h6,8,11H,3-5,7,16H2,1-2H3;1H. The monoisotopic (exact) mass is 311 g/mol. The summed E-state index contributed by atoms with van der Waals surface area (Å²) in [6.45, 7) is 4.76. The minimum Gasteiger partial charge on any atom is -0.492 e. The van der Waals surface area contributed by atoms with Gasteiger partial charge in [-0.1, -0.05) is 37.0 Å². The third-order valence-corrected chi connectivity index (χ3v) is 3.04. The van der Waals surface area contributed by atoms with Crippen LogP contribution in [0.4, 0.5) is 0 Å². The molecule has 0 aliphatic heterocycles. The molecule has 0 saturated heterocycles. The lowest BCUT2D eigenvalue weighted by atomic mass is 10.0. The molecule has 2 nitrogen and oxygen atoms in total. The molecular weight excluding hydrogens is 293 g/mol. The second-order valence-electron chi connectivity index (χ2n) is 4.10. The summed E-state index contributed by atoms with van der Waals surface area (Å²) >= 11 is 12.1. The second kappa shape index (κ2) is 8.87. The van der Waals surface area contributed by atoms with Gasteiger partial charge in [-0.15, -0.1) is 12.4 Å². The Bertz CT molecular complexity index is 371. The molecule has 0 aromatic heterocycles. The van der Waals surface area contributed by atoms with Gasteiger partial charge in [-0.05, 0) is 37.0 Å². The van der Waals surface area contributed by atoms with E-state index in [2.05, 4.69) is 13.8 Å². The highest BCUT2D eigenvalue weighted by Crippen LogP contribution is 2.33. The van der Waals surface area contributed by atoms with Crippen LogP contribution >= 0.6 is 35.6 Å². The topological polar surface area (TPSA) is 35.2 Å². The Kier molecular flexibility index (Phi) is 8.79. The van der Waals surface area contributed by atoms with Crippen LogP contribution in [0.25, 0.3) is 0 Å². The largest absolute Gasteiger partial charge is 0.492 e. The van der Waals surface area contributed by atoms with Gasteiger partial charge < -0.3 is 10.5 Å². The van der Waals surface area contributed by atoms with E-state index in [-0.39, 0.29) is 18.4 Å². The van der Waals surface area contributed by atoms with Crippen LogP contribution in [0, 0.1) is 0 Å². The Balaban J connectivity index is 0.00000289. The van der Waals surface area contributed by atoms with E-state index < -0.39 is 0 Å². The molecule has 0 amide bonds. The fourth-order valence-corrected chi connectivity index (χ4v) is 2.15. The summed E-state index contributed by atoms with van der Waals surface area (Å²) in [5.41, 5.74) is 6.95. The van der Waals surface area contributed by atoms with E-state index in [1.165, 1.54) is 0 Å². The van der Waals surface area contributed by atoms with Gasteiger partial charge in [0.25, 0.3) is 0 Å². The molecule has 1 aromatic rings. The number of nitrogens with two attached hydrogens (primary N) is 1. The van der Waals surface area contributed by atoms with Crippen LogP contribution in [0.15, 0.2) is 12.1 Å². The van der Waals surface area contributed by atoms with Gasteiger partial charge in [0.05, 0.1) is 11.6 Å². The summed E-state index contributed by atoms with van der Waals surface area (Å²) in [6.07, 6.45) is 2.59. The zero-order chi connectivity index (χ0) is 12.8. The smallest absolute Gasteiger partial charge is 0.141 e. The fraction of sp³-hybridized carbons (Fsp3) is 0.538. The summed E-state index contributed by atoms with van der Waals surface area (Å²) in [5, 5.41) is 1.18. The molecule has 1 aromatic carbocycles. The molecule has 0 radical (unpaired) electrons. The van der Waals surface area contributed by atoms with Gasteiger partial charge in [0.1, 0.15) is 5.75 Å². The third-order valence-electron chi connectivity index (χ3n) is 2.54. The molecule has 0 saturated carbocycles. The first-order valence-corrected chi connectivity index (χ1v) is 6.70. The molecule has 18 heavy (non-hydrogen) atoms. The predicted octanol–water partition coefficient (Wildman–Crippen LogP) is 4.48. The van der Waals surface area contributed by atoms with Crippen LogP contribution in [-0.4, -0.2) is 12.6 Å². The zero-order valence-corrected chi connectivity index (χ0v) is 13.0. The minimum absolute atomic E-state index is 0. The van der Waals surface area contributed by atoms with E-state index >= 15 is 0 Å². The lowest BCUT2D eigenvalue weighted by Crippen LogP contribution is -2.21. The van der Waals surface area contributed by atoms with E-state index in [0.717, 1.165) is 30.6 Å². The van der Waals surface area contributed by atoms with Crippen molar-refractivity contribution in [2.24, 2.45) is 5.73 Å². The molecule has 0 heterocycles. The maximum absolute atomic E-state index is 6.15. The number of hydrogen-bond acceptors (Lipinski definition) is 2. The van der Waals surface area contributed by atoms with Gasteiger partial charge in [-0.25, -0.2) is 0 Å². The Labute approximate surface area is 125 Å². The summed E-state index contributed by atoms with van der Waals surface area (Å²) in [5.74, 6) is 0.724. The van der Waals surface area contributed by atoms with Crippen molar-refractivity contribution in [3.8, 4) is 5.75 Å². The minimum atomic E-state index is 0. The van der Waals surface area contributed by atoms with Gasteiger partial charge in [0, 0.05) is 11.1 Å². The van der Waals surface area contributed by atoms with E-state index in [4.69, 9.17) is 33.7 Å². The predicted molar refractivity (Wildman–Crippen MR) is 81.5 cm³/mol. The van der Waals surface area contributed by atoms with Crippen molar-refractivity contribution in [3.05, 3.63) is 27.7 Å². The number of hydrogen-bond donors (Lipinski definition) is 1. The Morgan fingerprint density at radius 1 is 1.28 bits per heavy atom. The fourth-order valence-electron chi connectivity index (χ4n) is 1.56. The van der Waals surface area contributed by atoms with Crippen molar-refractivity contribution in [3.63, 3.8) is 0 Å². The highest BCUT2D eigenvalue weighted by atomic mass is 35.5. The van der Waals surface area contributed by atoms with Crippen molar-refractivity contribution in [1.82, 2.24) is 0 Å². The van der Waals surface area contributed by atoms with E-state index in [1.807, 2.05) is 6.07 Å². The van der Waals surface area contributed by atoms with Gasteiger partial charge >= 0.3 is 0 Å². The molecule has 1 atom stereocenters. The van der Waals surface area contributed by atoms with Gasteiger partial charge in [-0.3, -0.25) is 0 Å². The SMILES string of the molecule is CCCOc1c(Cl)cc(Cl)cc1CC(N)CC.Cl. The first kappa shape index (κ1) is 17.8. The molecule has 0 spiro atoms. The van der Waals surface area contributed by atoms with E-state index in [9.17, 15) is 0 Å². The normalized spacial score (nSPS) is 11.8. The van der Waals surface area contributed by atoms with Crippen LogP contribution in [0.3, 0.4) is 0 Å². The van der Waals surface area contributed by atoms with Crippen LogP contribution in [0.5, 0.6) is 5.75 Å². The summed E-state index contributed by atoms with van der Waals surface area (Å²) in [7, 11) is 0. The number of ether oxygens (including phenoxy) is 1. The molecule has 1 rings (SSSR count). The quantitative estimate of drug-likeness (QED) is 0.840. The first-order valence-electron chi connectivity index (χ1n) is 5.94. The van der Waals surface area contributed by atoms with Crippen molar-refractivity contribution >= 4 is 35.6 Å². The molecule has 2 N–H and O–H groups in total. The molecule has 0 aliphatic carbocycles. The molecule has 104 valence electrons. The third kappa shape index (κ3) is 5.23. The van der Waals surface area contributed by atoms with Gasteiger partial charge in [0.2, 0.25) is 0 Å². The van der Waals surface area contributed by atoms with Crippen molar-refractivity contribution < 1.29 is 4.74 Å². The summed E-state index contributed by atoms with van der Waals surface area (Å²) in [6, 6.07) is 3.69. The van der Waals surface area contributed by atoms with Gasteiger partial charge in [0.15, 0.2) is 0 Å². The molecule has 1 unspecified atom stereocenters. The average molecular weight is 313 g/mol. The van der Waals surface area contributed by atoms with E-state index in [1.54, 1.807) is 6.07 Å². The zero-order valence-electron chi connectivity index (χ0n) is 10.7. The molecule has 5 heteroatoms. The molecule has 0 aliphatic rings.